The molecule has 0 saturated heterocycles. The lowest BCUT2D eigenvalue weighted by atomic mass is 9.72. The van der Waals surface area contributed by atoms with Crippen LogP contribution < -0.4 is 0 Å². The third-order valence-corrected chi connectivity index (χ3v) is 3.31. The van der Waals surface area contributed by atoms with Crippen molar-refractivity contribution in [2.24, 2.45) is 11.3 Å². The summed E-state index contributed by atoms with van der Waals surface area (Å²) in [6.45, 7) is 0. The molecule has 9 heteroatoms. The molecule has 0 nitrogen and oxygen atoms in total. The highest BCUT2D eigenvalue weighted by Gasteiger charge is 2.85. The zero-order valence-electron chi connectivity index (χ0n) is 8.81. The van der Waals surface area contributed by atoms with Crippen molar-refractivity contribution in [3.8, 4) is 0 Å². The van der Waals surface area contributed by atoms with Crippen LogP contribution >= 0.6 is 0 Å². The van der Waals surface area contributed by atoms with Crippen LogP contribution in [0.25, 0.3) is 0 Å². The van der Waals surface area contributed by atoms with Crippen molar-refractivity contribution in [3.05, 3.63) is 0 Å². The van der Waals surface area contributed by atoms with Crippen molar-refractivity contribution in [2.75, 3.05) is 0 Å². The van der Waals surface area contributed by atoms with E-state index in [0.717, 1.165) is 0 Å². The summed E-state index contributed by atoms with van der Waals surface area (Å²) in [4.78, 5) is 0. The average molecular weight is 288 g/mol. The van der Waals surface area contributed by atoms with Crippen LogP contribution in [0.4, 0.5) is 39.5 Å². The SMILES string of the molecule is FC(F)(F)C(C1CCCC1)(C(F)(F)F)C(F)(F)F. The third-order valence-electron chi connectivity index (χ3n) is 3.31. The molecule has 0 unspecified atom stereocenters. The molecule has 0 spiro atoms. The first kappa shape index (κ1) is 15.4. The first-order chi connectivity index (χ1) is 7.86. The molecule has 108 valence electrons. The van der Waals surface area contributed by atoms with Crippen LogP contribution in [0.5, 0.6) is 0 Å². The van der Waals surface area contributed by atoms with Gasteiger partial charge in [-0.15, -0.1) is 0 Å². The highest BCUT2D eigenvalue weighted by atomic mass is 19.4. The summed E-state index contributed by atoms with van der Waals surface area (Å²) in [6.07, 6.45) is -20.8. The molecule has 0 bridgehead atoms. The van der Waals surface area contributed by atoms with E-state index >= 15 is 0 Å². The van der Waals surface area contributed by atoms with Crippen molar-refractivity contribution < 1.29 is 39.5 Å². The van der Waals surface area contributed by atoms with E-state index in [1.807, 2.05) is 0 Å². The average Bonchev–Trinajstić information content (AvgIpc) is 2.48. The number of halogens is 9. The Morgan fingerprint density at radius 3 is 1.06 bits per heavy atom. The zero-order valence-corrected chi connectivity index (χ0v) is 8.81. The molecular formula is C9H9F9. The number of hydrogen-bond donors (Lipinski definition) is 0. The smallest absolute Gasteiger partial charge is 0.170 e. The van der Waals surface area contributed by atoms with Crippen molar-refractivity contribution in [1.82, 2.24) is 0 Å². The summed E-state index contributed by atoms with van der Waals surface area (Å²) >= 11 is 0. The van der Waals surface area contributed by atoms with Gasteiger partial charge in [0.05, 0.1) is 0 Å². The Labute approximate surface area is 96.1 Å². The minimum atomic E-state index is -6.40. The molecule has 0 atom stereocenters. The van der Waals surface area contributed by atoms with E-state index in [1.54, 1.807) is 0 Å². The minimum absolute atomic E-state index is 0.0609. The second-order valence-corrected chi connectivity index (χ2v) is 4.28. The van der Waals surface area contributed by atoms with Crippen molar-refractivity contribution >= 4 is 0 Å². The Bertz CT molecular complexity index is 253. The van der Waals surface area contributed by atoms with Gasteiger partial charge in [0.25, 0.3) is 5.41 Å². The van der Waals surface area contributed by atoms with Gasteiger partial charge in [-0.2, -0.15) is 39.5 Å². The third kappa shape index (κ3) is 2.05. The molecule has 0 aromatic rings. The lowest BCUT2D eigenvalue weighted by Crippen LogP contribution is -2.63. The number of alkyl halides is 9. The highest BCUT2D eigenvalue weighted by Crippen LogP contribution is 2.65. The lowest BCUT2D eigenvalue weighted by molar-refractivity contribution is -0.442. The predicted molar refractivity (Wildman–Crippen MR) is 42.6 cm³/mol. The van der Waals surface area contributed by atoms with Crippen LogP contribution in [-0.2, 0) is 0 Å². The zero-order chi connectivity index (χ0) is 14.4. The maximum atomic E-state index is 12.6. The Morgan fingerprint density at radius 2 is 0.833 bits per heavy atom. The molecule has 0 amide bonds. The van der Waals surface area contributed by atoms with Crippen LogP contribution in [0.1, 0.15) is 25.7 Å². The molecule has 0 radical (unpaired) electrons. The quantitative estimate of drug-likeness (QED) is 0.605. The van der Waals surface area contributed by atoms with E-state index in [2.05, 4.69) is 0 Å². The van der Waals surface area contributed by atoms with Gasteiger partial charge in [0.1, 0.15) is 0 Å². The van der Waals surface area contributed by atoms with Gasteiger partial charge in [-0.25, -0.2) is 0 Å². The molecular weight excluding hydrogens is 279 g/mol. The van der Waals surface area contributed by atoms with Crippen molar-refractivity contribution in [2.45, 2.75) is 44.2 Å². The largest absolute Gasteiger partial charge is 0.412 e. The second kappa shape index (κ2) is 4.19. The van der Waals surface area contributed by atoms with Gasteiger partial charge in [0, 0.05) is 0 Å². The highest BCUT2D eigenvalue weighted by molar-refractivity contribution is 5.04. The fourth-order valence-electron chi connectivity index (χ4n) is 2.54. The molecule has 18 heavy (non-hydrogen) atoms. The molecule has 1 rings (SSSR count). The molecule has 1 fully saturated rings. The maximum Gasteiger partial charge on any atom is 0.412 e. The molecule has 0 aromatic carbocycles. The summed E-state index contributed by atoms with van der Waals surface area (Å²) in [5.74, 6) is -2.49. The van der Waals surface area contributed by atoms with E-state index in [9.17, 15) is 39.5 Å². The molecule has 1 saturated carbocycles. The van der Waals surface area contributed by atoms with Gasteiger partial charge in [-0.3, -0.25) is 0 Å². The summed E-state index contributed by atoms with van der Waals surface area (Å²) in [5, 5.41) is 0. The van der Waals surface area contributed by atoms with E-state index in [-0.39, 0.29) is 12.8 Å². The molecule has 0 aliphatic heterocycles. The van der Waals surface area contributed by atoms with Crippen LogP contribution in [0.2, 0.25) is 0 Å². The van der Waals surface area contributed by atoms with Gasteiger partial charge < -0.3 is 0 Å². The van der Waals surface area contributed by atoms with Crippen LogP contribution in [-0.4, -0.2) is 18.5 Å². The summed E-state index contributed by atoms with van der Waals surface area (Å²) < 4.78 is 113. The van der Waals surface area contributed by atoms with Gasteiger partial charge in [0.15, 0.2) is 0 Å². The summed E-state index contributed by atoms with van der Waals surface area (Å²) in [7, 11) is 0. The summed E-state index contributed by atoms with van der Waals surface area (Å²) in [5.41, 5.74) is -5.61. The Balaban J connectivity index is 3.46. The minimum Gasteiger partial charge on any atom is -0.170 e. The lowest BCUT2D eigenvalue weighted by Gasteiger charge is -2.42. The molecule has 1 aliphatic rings. The van der Waals surface area contributed by atoms with Gasteiger partial charge in [-0.1, -0.05) is 12.8 Å². The Morgan fingerprint density at radius 1 is 0.556 bits per heavy atom. The van der Waals surface area contributed by atoms with Crippen molar-refractivity contribution in [1.29, 1.82) is 0 Å². The van der Waals surface area contributed by atoms with Crippen molar-refractivity contribution in [3.63, 3.8) is 0 Å². The molecule has 0 heterocycles. The first-order valence-electron chi connectivity index (χ1n) is 5.06. The predicted octanol–water partition coefficient (Wildman–Crippen LogP) is 4.85. The first-order valence-corrected chi connectivity index (χ1v) is 5.06. The van der Waals surface area contributed by atoms with E-state index < -0.39 is 42.7 Å². The van der Waals surface area contributed by atoms with Crippen LogP contribution in [0.3, 0.4) is 0 Å². The number of hydrogen-bond acceptors (Lipinski definition) is 0. The Kier molecular flexibility index (Phi) is 3.59. The van der Waals surface area contributed by atoms with Crippen LogP contribution in [0, 0.1) is 11.3 Å². The number of rotatable bonds is 1. The molecule has 0 aromatic heterocycles. The fourth-order valence-corrected chi connectivity index (χ4v) is 2.54. The fraction of sp³-hybridized carbons (Fsp3) is 1.00. The van der Waals surface area contributed by atoms with Gasteiger partial charge in [0.2, 0.25) is 0 Å². The standard InChI is InChI=1S/C9H9F9/c10-7(11,12)6(8(13,14)15,9(16,17)18)5-3-1-2-4-5/h5H,1-4H2. The van der Waals surface area contributed by atoms with Crippen LogP contribution in [0.15, 0.2) is 0 Å². The van der Waals surface area contributed by atoms with Gasteiger partial charge >= 0.3 is 18.5 Å². The van der Waals surface area contributed by atoms with Gasteiger partial charge in [-0.05, 0) is 18.8 Å². The summed E-state index contributed by atoms with van der Waals surface area (Å²) in [6, 6.07) is 0. The topological polar surface area (TPSA) is 0 Å². The molecule has 0 N–H and O–H groups in total. The van der Waals surface area contributed by atoms with E-state index in [0.29, 0.717) is 0 Å². The normalized spacial score (nSPS) is 20.5. The maximum absolute atomic E-state index is 12.6. The van der Waals surface area contributed by atoms with E-state index in [4.69, 9.17) is 0 Å². The second-order valence-electron chi connectivity index (χ2n) is 4.28. The Hall–Kier alpha value is -0.630. The monoisotopic (exact) mass is 288 g/mol. The van der Waals surface area contributed by atoms with E-state index in [1.165, 1.54) is 0 Å². The molecule has 1 aliphatic carbocycles.